The third-order valence-electron chi connectivity index (χ3n) is 4.26. The number of guanidine groups is 1. The van der Waals surface area contributed by atoms with E-state index in [4.69, 9.17) is 11.5 Å². The second-order valence-corrected chi connectivity index (χ2v) is 5.35. The van der Waals surface area contributed by atoms with Gasteiger partial charge in [-0.1, -0.05) is 19.3 Å². The molecule has 15 heavy (non-hydrogen) atoms. The summed E-state index contributed by atoms with van der Waals surface area (Å²) in [6.45, 7) is 0. The summed E-state index contributed by atoms with van der Waals surface area (Å²) < 4.78 is 0. The molecule has 86 valence electrons. The van der Waals surface area contributed by atoms with Crippen LogP contribution in [0.5, 0.6) is 0 Å². The Morgan fingerprint density at radius 3 is 2.07 bits per heavy atom. The standard InChI is InChI=1S/C12H23N3/c13-11(14)15-10-4-8-12(9-5-10)6-2-1-3-7-12/h10H,1-9H2,(H4,13,14,15). The molecule has 0 saturated heterocycles. The van der Waals surface area contributed by atoms with Crippen molar-refractivity contribution in [2.75, 3.05) is 0 Å². The molecule has 1 spiro atoms. The van der Waals surface area contributed by atoms with E-state index in [2.05, 4.69) is 4.99 Å². The molecule has 0 aliphatic heterocycles. The van der Waals surface area contributed by atoms with Crippen molar-refractivity contribution in [1.29, 1.82) is 0 Å². The lowest BCUT2D eigenvalue weighted by atomic mass is 9.64. The topological polar surface area (TPSA) is 64.4 Å². The van der Waals surface area contributed by atoms with Crippen LogP contribution in [-0.2, 0) is 0 Å². The lowest BCUT2D eigenvalue weighted by Gasteiger charge is -2.42. The van der Waals surface area contributed by atoms with E-state index >= 15 is 0 Å². The van der Waals surface area contributed by atoms with Gasteiger partial charge in [0.2, 0.25) is 0 Å². The molecule has 4 N–H and O–H groups in total. The summed E-state index contributed by atoms with van der Waals surface area (Å²) in [6, 6.07) is 0.405. The lowest BCUT2D eigenvalue weighted by molar-refractivity contribution is 0.115. The van der Waals surface area contributed by atoms with E-state index < -0.39 is 0 Å². The molecule has 0 aromatic rings. The van der Waals surface area contributed by atoms with Crippen LogP contribution in [0.1, 0.15) is 57.8 Å². The van der Waals surface area contributed by atoms with E-state index in [1.165, 1.54) is 57.8 Å². The van der Waals surface area contributed by atoms with Crippen molar-refractivity contribution in [3.63, 3.8) is 0 Å². The molecule has 2 aliphatic rings. The Morgan fingerprint density at radius 2 is 1.53 bits per heavy atom. The highest BCUT2D eigenvalue weighted by molar-refractivity contribution is 5.75. The van der Waals surface area contributed by atoms with E-state index in [0.29, 0.717) is 11.5 Å². The number of hydrogen-bond donors (Lipinski definition) is 2. The maximum Gasteiger partial charge on any atom is 0.186 e. The largest absolute Gasteiger partial charge is 0.370 e. The van der Waals surface area contributed by atoms with E-state index in [9.17, 15) is 0 Å². The van der Waals surface area contributed by atoms with Gasteiger partial charge in [0.25, 0.3) is 0 Å². The third kappa shape index (κ3) is 2.64. The fraction of sp³-hybridized carbons (Fsp3) is 0.917. The monoisotopic (exact) mass is 209 g/mol. The maximum atomic E-state index is 5.42. The average molecular weight is 209 g/mol. The van der Waals surface area contributed by atoms with Crippen LogP contribution in [0, 0.1) is 5.41 Å². The van der Waals surface area contributed by atoms with Gasteiger partial charge in [0.1, 0.15) is 0 Å². The molecule has 0 aromatic heterocycles. The van der Waals surface area contributed by atoms with E-state index in [0.717, 1.165) is 0 Å². The fourth-order valence-corrected chi connectivity index (χ4v) is 3.36. The summed E-state index contributed by atoms with van der Waals surface area (Å²) in [5, 5.41) is 0. The van der Waals surface area contributed by atoms with Crippen LogP contribution in [0.2, 0.25) is 0 Å². The first-order chi connectivity index (χ1) is 7.20. The second-order valence-electron chi connectivity index (χ2n) is 5.35. The number of nitrogens with zero attached hydrogens (tertiary/aromatic N) is 1. The number of hydrogen-bond acceptors (Lipinski definition) is 1. The van der Waals surface area contributed by atoms with Crippen molar-refractivity contribution in [2.24, 2.45) is 21.9 Å². The zero-order valence-corrected chi connectivity index (χ0v) is 9.54. The van der Waals surface area contributed by atoms with Crippen molar-refractivity contribution in [3.8, 4) is 0 Å². The second kappa shape index (κ2) is 4.42. The van der Waals surface area contributed by atoms with E-state index in [1.807, 2.05) is 0 Å². The first-order valence-corrected chi connectivity index (χ1v) is 6.29. The van der Waals surface area contributed by atoms with Crippen LogP contribution >= 0.6 is 0 Å². The van der Waals surface area contributed by atoms with Crippen molar-refractivity contribution < 1.29 is 0 Å². The molecule has 3 heteroatoms. The van der Waals surface area contributed by atoms with Gasteiger partial charge in [0.15, 0.2) is 5.96 Å². The molecule has 2 saturated carbocycles. The minimum Gasteiger partial charge on any atom is -0.370 e. The minimum atomic E-state index is 0.264. The highest BCUT2D eigenvalue weighted by atomic mass is 15.0. The van der Waals surface area contributed by atoms with Gasteiger partial charge in [-0.05, 0) is 43.9 Å². The molecule has 2 fully saturated rings. The summed E-state index contributed by atoms with van der Waals surface area (Å²) in [7, 11) is 0. The first-order valence-electron chi connectivity index (χ1n) is 6.29. The van der Waals surface area contributed by atoms with Crippen molar-refractivity contribution in [1.82, 2.24) is 0 Å². The Labute approximate surface area is 92.3 Å². The van der Waals surface area contributed by atoms with E-state index in [1.54, 1.807) is 0 Å². The fourth-order valence-electron chi connectivity index (χ4n) is 3.36. The van der Waals surface area contributed by atoms with Gasteiger partial charge < -0.3 is 11.5 Å². The van der Waals surface area contributed by atoms with Crippen LogP contribution in [0.15, 0.2) is 4.99 Å². The first kappa shape index (κ1) is 10.8. The molecule has 0 aromatic carbocycles. The summed E-state index contributed by atoms with van der Waals surface area (Å²) in [5.41, 5.74) is 11.5. The van der Waals surface area contributed by atoms with Gasteiger partial charge in [-0.3, -0.25) is 4.99 Å². The van der Waals surface area contributed by atoms with Gasteiger partial charge in [-0.2, -0.15) is 0 Å². The summed E-state index contributed by atoms with van der Waals surface area (Å²) >= 11 is 0. The normalized spacial score (nSPS) is 26.4. The quantitative estimate of drug-likeness (QED) is 0.513. The number of aliphatic imine (C=N–C) groups is 1. The van der Waals surface area contributed by atoms with Crippen LogP contribution in [0.3, 0.4) is 0 Å². The van der Waals surface area contributed by atoms with E-state index in [-0.39, 0.29) is 5.96 Å². The molecule has 0 amide bonds. The highest BCUT2D eigenvalue weighted by Gasteiger charge is 2.35. The summed E-state index contributed by atoms with van der Waals surface area (Å²) in [4.78, 5) is 4.29. The molecule has 0 bridgehead atoms. The van der Waals surface area contributed by atoms with Crippen LogP contribution in [0.4, 0.5) is 0 Å². The Hall–Kier alpha value is -0.730. The van der Waals surface area contributed by atoms with Crippen LogP contribution in [0.25, 0.3) is 0 Å². The third-order valence-corrected chi connectivity index (χ3v) is 4.26. The molecular weight excluding hydrogens is 186 g/mol. The smallest absolute Gasteiger partial charge is 0.186 e. The Morgan fingerprint density at radius 1 is 0.933 bits per heavy atom. The molecular formula is C12H23N3. The summed E-state index contributed by atoms with van der Waals surface area (Å²) in [6.07, 6.45) is 12.3. The number of rotatable bonds is 1. The zero-order chi connectivity index (χ0) is 10.7. The highest BCUT2D eigenvalue weighted by Crippen LogP contribution is 2.47. The van der Waals surface area contributed by atoms with Gasteiger partial charge in [0.05, 0.1) is 6.04 Å². The van der Waals surface area contributed by atoms with Gasteiger partial charge in [0, 0.05) is 0 Å². The minimum absolute atomic E-state index is 0.264. The molecule has 0 unspecified atom stereocenters. The Balaban J connectivity index is 1.88. The average Bonchev–Trinajstić information content (AvgIpc) is 2.23. The molecule has 0 atom stereocenters. The van der Waals surface area contributed by atoms with Crippen molar-refractivity contribution >= 4 is 5.96 Å². The Bertz CT molecular complexity index is 227. The molecule has 2 rings (SSSR count). The summed E-state index contributed by atoms with van der Waals surface area (Å²) in [5.74, 6) is 0.264. The predicted octanol–water partition coefficient (Wildman–Crippen LogP) is 2.15. The predicted molar refractivity (Wildman–Crippen MR) is 63.6 cm³/mol. The van der Waals surface area contributed by atoms with Gasteiger partial charge in [-0.25, -0.2) is 0 Å². The molecule has 2 aliphatic carbocycles. The lowest BCUT2D eigenvalue weighted by Crippen LogP contribution is -2.33. The molecule has 0 heterocycles. The van der Waals surface area contributed by atoms with Crippen LogP contribution in [-0.4, -0.2) is 12.0 Å². The zero-order valence-electron chi connectivity index (χ0n) is 9.54. The van der Waals surface area contributed by atoms with Gasteiger partial charge in [-0.15, -0.1) is 0 Å². The maximum absolute atomic E-state index is 5.42. The van der Waals surface area contributed by atoms with Gasteiger partial charge >= 0.3 is 0 Å². The SMILES string of the molecule is NC(N)=NC1CCC2(CCCCC2)CC1. The molecule has 0 radical (unpaired) electrons. The van der Waals surface area contributed by atoms with Crippen molar-refractivity contribution in [3.05, 3.63) is 0 Å². The Kier molecular flexibility index (Phi) is 3.17. The molecule has 3 nitrogen and oxygen atoms in total. The van der Waals surface area contributed by atoms with Crippen LogP contribution < -0.4 is 11.5 Å². The van der Waals surface area contributed by atoms with Crippen molar-refractivity contribution in [2.45, 2.75) is 63.8 Å². The number of nitrogens with two attached hydrogens (primary N) is 2.